The average molecular weight is 350 g/mol. The number of thioether (sulfide) groups is 1. The van der Waals surface area contributed by atoms with Crippen LogP contribution < -0.4 is 4.90 Å². The number of carbonyl (C=O) groups excluding carboxylic acids is 2. The number of carbonyl (C=O) groups is 2. The maximum Gasteiger partial charge on any atom is 0.298 e. The van der Waals surface area contributed by atoms with Crippen LogP contribution in [0, 0.1) is 5.82 Å². The molecule has 0 radical (unpaired) electrons. The molecule has 0 bridgehead atoms. The smallest absolute Gasteiger partial charge is 0.298 e. The van der Waals surface area contributed by atoms with Gasteiger partial charge in [-0.15, -0.1) is 0 Å². The highest BCUT2D eigenvalue weighted by atomic mass is 35.5. The molecule has 7 heteroatoms. The van der Waals surface area contributed by atoms with Gasteiger partial charge in [-0.3, -0.25) is 9.59 Å². The molecule has 1 fully saturated rings. The van der Waals surface area contributed by atoms with Gasteiger partial charge in [-0.2, -0.15) is 0 Å². The zero-order chi connectivity index (χ0) is 16.6. The maximum absolute atomic E-state index is 13.2. The number of phenols is 1. The maximum atomic E-state index is 13.2. The predicted molar refractivity (Wildman–Crippen MR) is 88.0 cm³/mol. The summed E-state index contributed by atoms with van der Waals surface area (Å²) >= 11 is 6.47. The van der Waals surface area contributed by atoms with Gasteiger partial charge in [0.2, 0.25) is 0 Å². The molecule has 4 nitrogen and oxygen atoms in total. The first kappa shape index (κ1) is 15.6. The quantitative estimate of drug-likeness (QED) is 0.815. The summed E-state index contributed by atoms with van der Waals surface area (Å²) in [6, 6.07) is 9.94. The SMILES string of the molecule is O=C1S/C(=C\c2cccc(O)c2)C(=O)N1c1ccc(F)c(Cl)c1. The van der Waals surface area contributed by atoms with Gasteiger partial charge in [-0.1, -0.05) is 23.7 Å². The lowest BCUT2D eigenvalue weighted by molar-refractivity contribution is -0.113. The number of imide groups is 1. The molecule has 0 spiro atoms. The van der Waals surface area contributed by atoms with E-state index in [1.54, 1.807) is 12.1 Å². The number of halogens is 2. The van der Waals surface area contributed by atoms with Crippen molar-refractivity contribution in [3.8, 4) is 5.75 Å². The molecule has 1 saturated heterocycles. The summed E-state index contributed by atoms with van der Waals surface area (Å²) in [6.45, 7) is 0. The van der Waals surface area contributed by atoms with E-state index in [0.29, 0.717) is 5.56 Å². The number of benzene rings is 2. The minimum Gasteiger partial charge on any atom is -0.508 e. The molecule has 0 unspecified atom stereocenters. The van der Waals surface area contributed by atoms with E-state index in [4.69, 9.17) is 11.6 Å². The Balaban J connectivity index is 1.95. The molecule has 23 heavy (non-hydrogen) atoms. The number of hydrogen-bond donors (Lipinski definition) is 1. The standard InChI is InChI=1S/C16H9ClFNO3S/c17-12-8-10(4-5-13(12)18)19-15(21)14(23-16(19)22)7-9-2-1-3-11(20)6-9/h1-8,20H/b14-7-. The molecule has 1 aliphatic heterocycles. The van der Waals surface area contributed by atoms with Crippen molar-refractivity contribution in [3.05, 3.63) is 63.8 Å². The van der Waals surface area contributed by atoms with E-state index in [1.807, 2.05) is 0 Å². The summed E-state index contributed by atoms with van der Waals surface area (Å²) in [6.07, 6.45) is 1.51. The van der Waals surface area contributed by atoms with E-state index in [-0.39, 0.29) is 21.4 Å². The van der Waals surface area contributed by atoms with Crippen LogP contribution in [0.3, 0.4) is 0 Å². The molecule has 0 aromatic heterocycles. The van der Waals surface area contributed by atoms with Gasteiger partial charge in [-0.05, 0) is 53.7 Å². The van der Waals surface area contributed by atoms with Gasteiger partial charge in [0.15, 0.2) is 0 Å². The Morgan fingerprint density at radius 3 is 2.65 bits per heavy atom. The van der Waals surface area contributed by atoms with Crippen molar-refractivity contribution in [1.29, 1.82) is 0 Å². The second kappa shape index (κ2) is 6.06. The Morgan fingerprint density at radius 1 is 1.17 bits per heavy atom. The fourth-order valence-corrected chi connectivity index (χ4v) is 3.10. The van der Waals surface area contributed by atoms with Gasteiger partial charge in [0.25, 0.3) is 11.1 Å². The molecular weight excluding hydrogens is 341 g/mol. The van der Waals surface area contributed by atoms with E-state index in [0.717, 1.165) is 22.7 Å². The van der Waals surface area contributed by atoms with Crippen LogP contribution in [-0.2, 0) is 4.79 Å². The molecule has 3 rings (SSSR count). The molecule has 0 atom stereocenters. The van der Waals surface area contributed by atoms with Crippen LogP contribution in [-0.4, -0.2) is 16.3 Å². The van der Waals surface area contributed by atoms with E-state index >= 15 is 0 Å². The Hall–Kier alpha value is -2.31. The van der Waals surface area contributed by atoms with Crippen LogP contribution in [0.15, 0.2) is 47.4 Å². The molecule has 2 aromatic rings. The Morgan fingerprint density at radius 2 is 1.96 bits per heavy atom. The summed E-state index contributed by atoms with van der Waals surface area (Å²) in [7, 11) is 0. The minimum absolute atomic E-state index is 0.0586. The second-order valence-electron chi connectivity index (χ2n) is 4.71. The van der Waals surface area contributed by atoms with Crippen molar-refractivity contribution in [2.45, 2.75) is 0 Å². The lowest BCUT2D eigenvalue weighted by Crippen LogP contribution is -2.27. The fraction of sp³-hybridized carbons (Fsp3) is 0. The van der Waals surface area contributed by atoms with Crippen LogP contribution in [0.25, 0.3) is 6.08 Å². The van der Waals surface area contributed by atoms with Crippen LogP contribution in [0.2, 0.25) is 5.02 Å². The molecule has 116 valence electrons. The van der Waals surface area contributed by atoms with Crippen molar-refractivity contribution >= 4 is 46.3 Å². The third kappa shape index (κ3) is 3.09. The zero-order valence-electron chi connectivity index (χ0n) is 11.5. The molecule has 0 aliphatic carbocycles. The molecule has 2 amide bonds. The summed E-state index contributed by atoms with van der Waals surface area (Å²) in [4.78, 5) is 25.7. The molecular formula is C16H9ClFNO3S. The number of amides is 2. The number of anilines is 1. The van der Waals surface area contributed by atoms with Crippen molar-refractivity contribution in [2.24, 2.45) is 0 Å². The van der Waals surface area contributed by atoms with Gasteiger partial charge in [-0.25, -0.2) is 9.29 Å². The number of nitrogens with zero attached hydrogens (tertiary/aromatic N) is 1. The molecule has 2 aromatic carbocycles. The molecule has 0 saturated carbocycles. The van der Waals surface area contributed by atoms with Gasteiger partial charge >= 0.3 is 0 Å². The first-order chi connectivity index (χ1) is 11.0. The van der Waals surface area contributed by atoms with Gasteiger partial charge in [0, 0.05) is 0 Å². The largest absolute Gasteiger partial charge is 0.508 e. The van der Waals surface area contributed by atoms with Crippen LogP contribution in [0.1, 0.15) is 5.56 Å². The highest BCUT2D eigenvalue weighted by Crippen LogP contribution is 2.37. The summed E-state index contributed by atoms with van der Waals surface area (Å²) in [5.41, 5.74) is 0.797. The number of aromatic hydroxyl groups is 1. The van der Waals surface area contributed by atoms with Crippen molar-refractivity contribution in [3.63, 3.8) is 0 Å². The van der Waals surface area contributed by atoms with Gasteiger partial charge < -0.3 is 5.11 Å². The van der Waals surface area contributed by atoms with Gasteiger partial charge in [0.05, 0.1) is 15.6 Å². The van der Waals surface area contributed by atoms with E-state index < -0.39 is 17.0 Å². The van der Waals surface area contributed by atoms with Crippen molar-refractivity contribution < 1.29 is 19.1 Å². The average Bonchev–Trinajstić information content (AvgIpc) is 2.77. The Kier molecular flexibility index (Phi) is 4.11. The number of phenolic OH excluding ortho intramolecular Hbond substituents is 1. The van der Waals surface area contributed by atoms with Crippen LogP contribution in [0.5, 0.6) is 5.75 Å². The Bertz CT molecular complexity index is 853. The third-order valence-corrected chi connectivity index (χ3v) is 4.28. The summed E-state index contributed by atoms with van der Waals surface area (Å²) in [5.74, 6) is -1.09. The molecule has 1 N–H and O–H groups in total. The lowest BCUT2D eigenvalue weighted by Gasteiger charge is -2.12. The molecule has 1 aliphatic rings. The van der Waals surface area contributed by atoms with Crippen molar-refractivity contribution in [2.75, 3.05) is 4.90 Å². The fourth-order valence-electron chi connectivity index (χ4n) is 2.08. The second-order valence-corrected chi connectivity index (χ2v) is 6.11. The lowest BCUT2D eigenvalue weighted by atomic mass is 10.2. The Labute approximate surface area is 140 Å². The minimum atomic E-state index is -0.627. The predicted octanol–water partition coefficient (Wildman–Crippen LogP) is 4.43. The first-order valence-electron chi connectivity index (χ1n) is 6.48. The van der Waals surface area contributed by atoms with E-state index in [1.165, 1.54) is 30.3 Å². The van der Waals surface area contributed by atoms with Crippen LogP contribution in [0.4, 0.5) is 14.9 Å². The summed E-state index contributed by atoms with van der Waals surface area (Å²) in [5, 5.41) is 8.78. The number of hydrogen-bond acceptors (Lipinski definition) is 4. The van der Waals surface area contributed by atoms with Gasteiger partial charge in [0.1, 0.15) is 11.6 Å². The highest BCUT2D eigenvalue weighted by Gasteiger charge is 2.36. The first-order valence-corrected chi connectivity index (χ1v) is 7.67. The van der Waals surface area contributed by atoms with E-state index in [2.05, 4.69) is 0 Å². The monoisotopic (exact) mass is 349 g/mol. The highest BCUT2D eigenvalue weighted by molar-refractivity contribution is 8.19. The summed E-state index contributed by atoms with van der Waals surface area (Å²) < 4.78 is 13.2. The topological polar surface area (TPSA) is 57.6 Å². The van der Waals surface area contributed by atoms with E-state index in [9.17, 15) is 19.1 Å². The number of rotatable bonds is 2. The van der Waals surface area contributed by atoms with Crippen LogP contribution >= 0.6 is 23.4 Å². The van der Waals surface area contributed by atoms with Crippen molar-refractivity contribution in [1.82, 2.24) is 0 Å². The normalized spacial score (nSPS) is 16.4. The zero-order valence-corrected chi connectivity index (χ0v) is 13.1. The third-order valence-electron chi connectivity index (χ3n) is 3.12. The molecule has 1 heterocycles.